The maximum Gasteiger partial charge on any atom is 0.241 e. The van der Waals surface area contributed by atoms with E-state index in [-0.39, 0.29) is 5.91 Å². The fraction of sp³-hybridized carbons (Fsp3) is 0.462. The fourth-order valence-corrected chi connectivity index (χ4v) is 1.93. The molecule has 0 aliphatic heterocycles. The standard InChI is InChI=1S/C13H20ClN3O/c1-4-17(9-13(18)16(2)3)12-6-5-10(8-15)7-11(12)14/h5-7H,4,8-9,15H2,1-3H3. The molecule has 5 heteroatoms. The molecule has 1 rings (SSSR count). The van der Waals surface area contributed by atoms with Crippen LogP contribution in [-0.4, -0.2) is 38.0 Å². The van der Waals surface area contributed by atoms with Crippen LogP contribution < -0.4 is 10.6 Å². The average molecular weight is 270 g/mol. The molecule has 0 fully saturated rings. The third-order valence-electron chi connectivity index (χ3n) is 2.80. The second kappa shape index (κ2) is 6.61. The number of rotatable bonds is 5. The molecule has 0 heterocycles. The molecule has 0 saturated carbocycles. The van der Waals surface area contributed by atoms with Gasteiger partial charge in [-0.05, 0) is 24.6 Å². The summed E-state index contributed by atoms with van der Waals surface area (Å²) in [4.78, 5) is 15.3. The van der Waals surface area contributed by atoms with E-state index in [2.05, 4.69) is 0 Å². The summed E-state index contributed by atoms with van der Waals surface area (Å²) >= 11 is 6.22. The number of hydrogen-bond donors (Lipinski definition) is 1. The first-order chi connectivity index (χ1) is 8.49. The summed E-state index contributed by atoms with van der Waals surface area (Å²) in [5.74, 6) is 0.0517. The van der Waals surface area contributed by atoms with Gasteiger partial charge in [-0.3, -0.25) is 4.79 Å². The van der Waals surface area contributed by atoms with Crippen LogP contribution in [0.1, 0.15) is 12.5 Å². The Kier molecular flexibility index (Phi) is 5.44. The van der Waals surface area contributed by atoms with Gasteiger partial charge in [-0.15, -0.1) is 0 Å². The van der Waals surface area contributed by atoms with Crippen LogP contribution >= 0.6 is 11.6 Å². The molecule has 100 valence electrons. The SMILES string of the molecule is CCN(CC(=O)N(C)C)c1ccc(CN)cc1Cl. The Morgan fingerprint density at radius 1 is 1.39 bits per heavy atom. The zero-order valence-corrected chi connectivity index (χ0v) is 11.9. The van der Waals surface area contributed by atoms with Crippen LogP contribution in [-0.2, 0) is 11.3 Å². The van der Waals surface area contributed by atoms with E-state index in [1.165, 1.54) is 0 Å². The molecular formula is C13H20ClN3O. The lowest BCUT2D eigenvalue weighted by atomic mass is 10.2. The van der Waals surface area contributed by atoms with E-state index < -0.39 is 0 Å². The number of carbonyl (C=O) groups is 1. The lowest BCUT2D eigenvalue weighted by molar-refractivity contribution is -0.127. The largest absolute Gasteiger partial charge is 0.361 e. The summed E-state index contributed by atoms with van der Waals surface area (Å²) in [6, 6.07) is 5.70. The van der Waals surface area contributed by atoms with E-state index in [0.29, 0.717) is 18.1 Å². The Morgan fingerprint density at radius 3 is 2.50 bits per heavy atom. The number of benzene rings is 1. The van der Waals surface area contributed by atoms with Gasteiger partial charge in [-0.25, -0.2) is 0 Å². The van der Waals surface area contributed by atoms with E-state index in [4.69, 9.17) is 17.3 Å². The van der Waals surface area contributed by atoms with Crippen molar-refractivity contribution in [1.29, 1.82) is 0 Å². The van der Waals surface area contributed by atoms with Crippen LogP contribution in [0.5, 0.6) is 0 Å². The molecule has 1 aromatic carbocycles. The summed E-state index contributed by atoms with van der Waals surface area (Å²) < 4.78 is 0. The van der Waals surface area contributed by atoms with Gasteiger partial charge in [0.15, 0.2) is 0 Å². The molecule has 18 heavy (non-hydrogen) atoms. The van der Waals surface area contributed by atoms with Gasteiger partial charge in [-0.2, -0.15) is 0 Å². The number of nitrogens with zero attached hydrogens (tertiary/aromatic N) is 2. The summed E-state index contributed by atoms with van der Waals surface area (Å²) in [6.45, 7) is 3.51. The zero-order chi connectivity index (χ0) is 13.7. The van der Waals surface area contributed by atoms with Gasteiger partial charge in [0.25, 0.3) is 0 Å². The van der Waals surface area contributed by atoms with Crippen molar-refractivity contribution in [3.05, 3.63) is 28.8 Å². The van der Waals surface area contributed by atoms with Crippen LogP contribution in [0.2, 0.25) is 5.02 Å². The molecule has 0 atom stereocenters. The number of nitrogens with two attached hydrogens (primary N) is 1. The van der Waals surface area contributed by atoms with Crippen LogP contribution in [0, 0.1) is 0 Å². The molecule has 0 spiro atoms. The molecule has 0 saturated heterocycles. The predicted octanol–water partition coefficient (Wildman–Crippen LogP) is 1.71. The van der Waals surface area contributed by atoms with Gasteiger partial charge in [0, 0.05) is 27.2 Å². The van der Waals surface area contributed by atoms with E-state index >= 15 is 0 Å². The van der Waals surface area contributed by atoms with Crippen molar-refractivity contribution in [1.82, 2.24) is 4.90 Å². The molecule has 4 nitrogen and oxygen atoms in total. The Morgan fingerprint density at radius 2 is 2.06 bits per heavy atom. The fourth-order valence-electron chi connectivity index (χ4n) is 1.61. The predicted molar refractivity (Wildman–Crippen MR) is 75.9 cm³/mol. The highest BCUT2D eigenvalue weighted by molar-refractivity contribution is 6.33. The van der Waals surface area contributed by atoms with Crippen molar-refractivity contribution in [2.75, 3.05) is 32.1 Å². The third kappa shape index (κ3) is 3.62. The quantitative estimate of drug-likeness (QED) is 0.885. The first-order valence-electron chi connectivity index (χ1n) is 5.93. The maximum absolute atomic E-state index is 11.7. The van der Waals surface area contributed by atoms with E-state index in [9.17, 15) is 4.79 Å². The van der Waals surface area contributed by atoms with Gasteiger partial charge >= 0.3 is 0 Å². The molecule has 1 aromatic rings. The third-order valence-corrected chi connectivity index (χ3v) is 3.10. The minimum atomic E-state index is 0.0517. The molecular weight excluding hydrogens is 250 g/mol. The van der Waals surface area contributed by atoms with Crippen LogP contribution in [0.15, 0.2) is 18.2 Å². The van der Waals surface area contributed by atoms with Crippen molar-refractivity contribution < 1.29 is 4.79 Å². The highest BCUT2D eigenvalue weighted by atomic mass is 35.5. The second-order valence-corrected chi connectivity index (χ2v) is 4.70. The summed E-state index contributed by atoms with van der Waals surface area (Å²) in [6.07, 6.45) is 0. The van der Waals surface area contributed by atoms with Crippen molar-refractivity contribution in [2.24, 2.45) is 5.73 Å². The Labute approximate surface area is 113 Å². The molecule has 0 aliphatic rings. The number of halogens is 1. The first-order valence-corrected chi connectivity index (χ1v) is 6.31. The molecule has 0 bridgehead atoms. The topological polar surface area (TPSA) is 49.6 Å². The number of anilines is 1. The number of amides is 1. The normalized spacial score (nSPS) is 10.3. The molecule has 0 radical (unpaired) electrons. The van der Waals surface area contributed by atoms with Crippen molar-refractivity contribution in [3.63, 3.8) is 0 Å². The van der Waals surface area contributed by atoms with Crippen molar-refractivity contribution >= 4 is 23.2 Å². The van der Waals surface area contributed by atoms with Crippen molar-refractivity contribution in [3.8, 4) is 0 Å². The molecule has 0 unspecified atom stereocenters. The highest BCUT2D eigenvalue weighted by Gasteiger charge is 2.14. The number of likely N-dealkylation sites (N-methyl/N-ethyl adjacent to an activating group) is 2. The van der Waals surface area contributed by atoms with Crippen molar-refractivity contribution in [2.45, 2.75) is 13.5 Å². The van der Waals surface area contributed by atoms with E-state index in [1.807, 2.05) is 30.0 Å². The first kappa shape index (κ1) is 14.8. The summed E-state index contributed by atoms with van der Waals surface area (Å²) in [7, 11) is 3.49. The van der Waals surface area contributed by atoms with Gasteiger partial charge in [0.2, 0.25) is 5.91 Å². The second-order valence-electron chi connectivity index (χ2n) is 4.29. The van der Waals surface area contributed by atoms with E-state index in [1.54, 1.807) is 19.0 Å². The molecule has 1 amide bonds. The summed E-state index contributed by atoms with van der Waals surface area (Å²) in [5.41, 5.74) is 7.42. The summed E-state index contributed by atoms with van der Waals surface area (Å²) in [5, 5.41) is 0.631. The minimum Gasteiger partial charge on any atom is -0.361 e. The van der Waals surface area contributed by atoms with Crippen LogP contribution in [0.3, 0.4) is 0 Å². The zero-order valence-electron chi connectivity index (χ0n) is 11.1. The molecule has 0 aliphatic carbocycles. The lowest BCUT2D eigenvalue weighted by Crippen LogP contribution is -2.36. The van der Waals surface area contributed by atoms with Gasteiger partial charge in [0.1, 0.15) is 0 Å². The van der Waals surface area contributed by atoms with E-state index in [0.717, 1.165) is 17.8 Å². The lowest BCUT2D eigenvalue weighted by Gasteiger charge is -2.25. The van der Waals surface area contributed by atoms with Gasteiger partial charge in [-0.1, -0.05) is 17.7 Å². The van der Waals surface area contributed by atoms with Crippen LogP contribution in [0.4, 0.5) is 5.69 Å². The van der Waals surface area contributed by atoms with Gasteiger partial charge in [0.05, 0.1) is 17.3 Å². The highest BCUT2D eigenvalue weighted by Crippen LogP contribution is 2.26. The Bertz CT molecular complexity index is 421. The minimum absolute atomic E-state index is 0.0517. The molecule has 0 aromatic heterocycles. The monoisotopic (exact) mass is 269 g/mol. The Hall–Kier alpha value is -1.26. The smallest absolute Gasteiger partial charge is 0.241 e. The number of carbonyl (C=O) groups excluding carboxylic acids is 1. The molecule has 2 N–H and O–H groups in total. The Balaban J connectivity index is 2.91. The van der Waals surface area contributed by atoms with Gasteiger partial charge < -0.3 is 15.5 Å². The maximum atomic E-state index is 11.7. The average Bonchev–Trinajstić information content (AvgIpc) is 2.35. The number of hydrogen-bond acceptors (Lipinski definition) is 3. The van der Waals surface area contributed by atoms with Crippen LogP contribution in [0.25, 0.3) is 0 Å².